The van der Waals surface area contributed by atoms with Crippen molar-refractivity contribution in [2.24, 2.45) is 5.92 Å². The second-order valence-corrected chi connectivity index (χ2v) is 4.00. The van der Waals surface area contributed by atoms with Gasteiger partial charge in [0.05, 0.1) is 12.5 Å². The van der Waals surface area contributed by atoms with Crippen LogP contribution in [-0.2, 0) is 22.4 Å². The van der Waals surface area contributed by atoms with Crippen LogP contribution in [-0.4, -0.2) is 24.8 Å². The normalized spacial score (nSPS) is 12.4. The highest BCUT2D eigenvalue weighted by molar-refractivity contribution is 5.69. The van der Waals surface area contributed by atoms with Crippen LogP contribution >= 0.6 is 0 Å². The Morgan fingerprint density at radius 3 is 2.38 bits per heavy atom. The SMILES string of the molecule is COCCc1ccc(CC(C)C(=O)O)cc1. The van der Waals surface area contributed by atoms with Gasteiger partial charge in [-0.25, -0.2) is 0 Å². The summed E-state index contributed by atoms with van der Waals surface area (Å²) in [5.74, 6) is -1.08. The summed E-state index contributed by atoms with van der Waals surface area (Å²) in [5.41, 5.74) is 2.28. The average molecular weight is 222 g/mol. The van der Waals surface area contributed by atoms with Gasteiger partial charge in [0.25, 0.3) is 0 Å². The highest BCUT2D eigenvalue weighted by Crippen LogP contribution is 2.11. The fourth-order valence-corrected chi connectivity index (χ4v) is 1.50. The predicted molar refractivity (Wildman–Crippen MR) is 62.5 cm³/mol. The molecule has 0 heterocycles. The van der Waals surface area contributed by atoms with Crippen LogP contribution in [0.4, 0.5) is 0 Å². The molecule has 88 valence electrons. The molecule has 1 unspecified atom stereocenters. The van der Waals surface area contributed by atoms with Crippen LogP contribution in [0.5, 0.6) is 0 Å². The number of carboxylic acid groups (broad SMARTS) is 1. The summed E-state index contributed by atoms with van der Waals surface area (Å²) < 4.78 is 4.99. The molecular weight excluding hydrogens is 204 g/mol. The lowest BCUT2D eigenvalue weighted by atomic mass is 10.00. The highest BCUT2D eigenvalue weighted by atomic mass is 16.5. The molecule has 3 heteroatoms. The van der Waals surface area contributed by atoms with Crippen molar-refractivity contribution in [3.63, 3.8) is 0 Å². The van der Waals surface area contributed by atoms with Gasteiger partial charge in [-0.05, 0) is 24.0 Å². The van der Waals surface area contributed by atoms with E-state index in [0.29, 0.717) is 13.0 Å². The van der Waals surface area contributed by atoms with E-state index in [2.05, 4.69) is 0 Å². The van der Waals surface area contributed by atoms with Crippen molar-refractivity contribution in [2.75, 3.05) is 13.7 Å². The lowest BCUT2D eigenvalue weighted by Gasteiger charge is -2.07. The third-order valence-electron chi connectivity index (χ3n) is 2.58. The summed E-state index contributed by atoms with van der Waals surface area (Å²) in [6.45, 7) is 2.44. The van der Waals surface area contributed by atoms with Crippen LogP contribution in [0.2, 0.25) is 0 Å². The van der Waals surface area contributed by atoms with Gasteiger partial charge in [0, 0.05) is 7.11 Å². The maximum atomic E-state index is 10.7. The molecule has 0 saturated carbocycles. The molecule has 1 atom stereocenters. The van der Waals surface area contributed by atoms with Gasteiger partial charge in [-0.2, -0.15) is 0 Å². The maximum absolute atomic E-state index is 10.7. The van der Waals surface area contributed by atoms with Crippen molar-refractivity contribution in [1.29, 1.82) is 0 Å². The zero-order valence-corrected chi connectivity index (χ0v) is 9.77. The van der Waals surface area contributed by atoms with Crippen LogP contribution in [0.25, 0.3) is 0 Å². The molecule has 0 saturated heterocycles. The summed E-state index contributed by atoms with van der Waals surface area (Å²) >= 11 is 0. The Balaban J connectivity index is 2.54. The van der Waals surface area contributed by atoms with Gasteiger partial charge < -0.3 is 9.84 Å². The number of carboxylic acids is 1. The molecule has 3 nitrogen and oxygen atoms in total. The van der Waals surface area contributed by atoms with E-state index in [9.17, 15) is 4.79 Å². The van der Waals surface area contributed by atoms with Crippen molar-refractivity contribution >= 4 is 5.97 Å². The van der Waals surface area contributed by atoms with Gasteiger partial charge in [-0.15, -0.1) is 0 Å². The summed E-state index contributed by atoms with van der Waals surface area (Å²) in [6.07, 6.45) is 1.48. The third-order valence-corrected chi connectivity index (χ3v) is 2.58. The minimum Gasteiger partial charge on any atom is -0.481 e. The largest absolute Gasteiger partial charge is 0.481 e. The van der Waals surface area contributed by atoms with Crippen LogP contribution < -0.4 is 0 Å². The van der Waals surface area contributed by atoms with Crippen LogP contribution in [0.15, 0.2) is 24.3 Å². The Bertz CT molecular complexity index is 330. The molecule has 0 amide bonds. The number of methoxy groups -OCH3 is 1. The van der Waals surface area contributed by atoms with E-state index in [1.807, 2.05) is 24.3 Å². The summed E-state index contributed by atoms with van der Waals surface area (Å²) in [6, 6.07) is 8.04. The van der Waals surface area contributed by atoms with E-state index in [4.69, 9.17) is 9.84 Å². The Labute approximate surface area is 96.1 Å². The Morgan fingerprint density at radius 2 is 1.88 bits per heavy atom. The molecule has 0 aromatic heterocycles. The first-order chi connectivity index (χ1) is 7.63. The van der Waals surface area contributed by atoms with E-state index >= 15 is 0 Å². The number of hydrogen-bond donors (Lipinski definition) is 1. The molecular formula is C13H18O3. The molecule has 0 aliphatic carbocycles. The van der Waals surface area contributed by atoms with Gasteiger partial charge >= 0.3 is 5.97 Å². The molecule has 1 N–H and O–H groups in total. The monoisotopic (exact) mass is 222 g/mol. The number of ether oxygens (including phenoxy) is 1. The number of rotatable bonds is 6. The Hall–Kier alpha value is -1.35. The summed E-state index contributed by atoms with van der Waals surface area (Å²) in [4.78, 5) is 10.7. The van der Waals surface area contributed by atoms with Gasteiger partial charge in [0.2, 0.25) is 0 Å². The van der Waals surface area contributed by atoms with Gasteiger partial charge in [0.1, 0.15) is 0 Å². The van der Waals surface area contributed by atoms with Crippen molar-refractivity contribution in [1.82, 2.24) is 0 Å². The first-order valence-electron chi connectivity index (χ1n) is 5.43. The Morgan fingerprint density at radius 1 is 1.31 bits per heavy atom. The lowest BCUT2D eigenvalue weighted by molar-refractivity contribution is -0.141. The molecule has 1 aromatic rings. The number of benzene rings is 1. The zero-order chi connectivity index (χ0) is 12.0. The standard InChI is InChI=1S/C13H18O3/c1-10(13(14)15)9-12-5-3-11(4-6-12)7-8-16-2/h3-6,10H,7-9H2,1-2H3,(H,14,15). The van der Waals surface area contributed by atoms with Gasteiger partial charge in [0.15, 0.2) is 0 Å². The fourth-order valence-electron chi connectivity index (χ4n) is 1.50. The fraction of sp³-hybridized carbons (Fsp3) is 0.462. The number of hydrogen-bond acceptors (Lipinski definition) is 2. The van der Waals surface area contributed by atoms with Crippen LogP contribution in [0.1, 0.15) is 18.1 Å². The molecule has 1 rings (SSSR count). The molecule has 0 aliphatic heterocycles. The molecule has 1 aromatic carbocycles. The molecule has 0 aliphatic rings. The van der Waals surface area contributed by atoms with E-state index < -0.39 is 5.97 Å². The minimum atomic E-state index is -0.747. The molecule has 0 bridgehead atoms. The van der Waals surface area contributed by atoms with Crippen LogP contribution in [0, 0.1) is 5.92 Å². The van der Waals surface area contributed by atoms with Crippen LogP contribution in [0.3, 0.4) is 0 Å². The molecule has 16 heavy (non-hydrogen) atoms. The topological polar surface area (TPSA) is 46.5 Å². The number of carbonyl (C=O) groups is 1. The van der Waals surface area contributed by atoms with Crippen molar-refractivity contribution < 1.29 is 14.6 Å². The first kappa shape index (κ1) is 12.7. The second kappa shape index (κ2) is 6.28. The van der Waals surface area contributed by atoms with Crippen molar-refractivity contribution in [2.45, 2.75) is 19.8 Å². The van der Waals surface area contributed by atoms with E-state index in [-0.39, 0.29) is 5.92 Å². The molecule has 0 spiro atoms. The maximum Gasteiger partial charge on any atom is 0.306 e. The minimum absolute atomic E-state index is 0.329. The highest BCUT2D eigenvalue weighted by Gasteiger charge is 2.11. The summed E-state index contributed by atoms with van der Waals surface area (Å²) in [5, 5.41) is 8.80. The Kier molecular flexibility index (Phi) is 4.99. The van der Waals surface area contributed by atoms with Gasteiger partial charge in [-0.1, -0.05) is 31.2 Å². The van der Waals surface area contributed by atoms with E-state index in [0.717, 1.165) is 12.0 Å². The van der Waals surface area contributed by atoms with E-state index in [1.165, 1.54) is 5.56 Å². The van der Waals surface area contributed by atoms with Crippen molar-refractivity contribution in [3.05, 3.63) is 35.4 Å². The quantitative estimate of drug-likeness (QED) is 0.802. The summed E-state index contributed by atoms with van der Waals surface area (Å²) in [7, 11) is 1.68. The van der Waals surface area contributed by atoms with E-state index in [1.54, 1.807) is 14.0 Å². The molecule has 0 fully saturated rings. The lowest BCUT2D eigenvalue weighted by Crippen LogP contribution is -2.12. The van der Waals surface area contributed by atoms with Gasteiger partial charge in [-0.3, -0.25) is 4.79 Å². The first-order valence-corrected chi connectivity index (χ1v) is 5.43. The predicted octanol–water partition coefficient (Wildman–Crippen LogP) is 2.14. The smallest absolute Gasteiger partial charge is 0.306 e. The van der Waals surface area contributed by atoms with Crippen molar-refractivity contribution in [3.8, 4) is 0 Å². The molecule has 0 radical (unpaired) electrons. The number of aliphatic carboxylic acids is 1. The second-order valence-electron chi connectivity index (χ2n) is 4.00. The average Bonchev–Trinajstić information content (AvgIpc) is 2.28. The third kappa shape index (κ3) is 4.03. The zero-order valence-electron chi connectivity index (χ0n) is 9.77.